The molecule has 2 aliphatic rings. The largest absolute Gasteiger partial charge is 0.497 e. The van der Waals surface area contributed by atoms with Gasteiger partial charge in [-0.3, -0.25) is 14.6 Å². The molecule has 0 radical (unpaired) electrons. The van der Waals surface area contributed by atoms with Gasteiger partial charge in [0.2, 0.25) is 0 Å². The molecule has 0 bridgehead atoms. The minimum atomic E-state index is -0.453. The third-order valence-electron chi connectivity index (χ3n) is 8.77. The first-order valence-electron chi connectivity index (χ1n) is 15.7. The van der Waals surface area contributed by atoms with Gasteiger partial charge in [0, 0.05) is 54.3 Å². The third-order valence-corrected chi connectivity index (χ3v) is 9.01. The van der Waals surface area contributed by atoms with Gasteiger partial charge in [0.1, 0.15) is 23.3 Å². The van der Waals surface area contributed by atoms with Crippen LogP contribution in [0, 0.1) is 0 Å². The Labute approximate surface area is 274 Å². The molecule has 3 aromatic carbocycles. The summed E-state index contributed by atoms with van der Waals surface area (Å²) >= 11 is 6.36. The summed E-state index contributed by atoms with van der Waals surface area (Å²) in [4.78, 5) is 36.1. The van der Waals surface area contributed by atoms with Crippen molar-refractivity contribution >= 4 is 34.5 Å². The Bertz CT molecular complexity index is 1650. The number of hydrogen-bond donors (Lipinski definition) is 2. The molecule has 2 aliphatic heterocycles. The number of hydrogen-bond acceptors (Lipinski definition) is 7. The summed E-state index contributed by atoms with van der Waals surface area (Å²) in [6, 6.07) is 19.9. The van der Waals surface area contributed by atoms with Crippen molar-refractivity contribution < 1.29 is 23.8 Å². The van der Waals surface area contributed by atoms with Crippen molar-refractivity contribution in [1.29, 1.82) is 0 Å². The highest BCUT2D eigenvalue weighted by Gasteiger charge is 2.36. The average Bonchev–Trinajstić information content (AvgIpc) is 3.45. The third kappa shape index (κ3) is 7.09. The molecule has 1 aromatic heterocycles. The zero-order valence-corrected chi connectivity index (χ0v) is 27.0. The minimum absolute atomic E-state index is 0.0138. The van der Waals surface area contributed by atoms with Crippen molar-refractivity contribution in [2.45, 2.75) is 18.9 Å². The van der Waals surface area contributed by atoms with Gasteiger partial charge in [-0.1, -0.05) is 23.7 Å². The lowest BCUT2D eigenvalue weighted by Crippen LogP contribution is -2.50. The van der Waals surface area contributed by atoms with Crippen molar-refractivity contribution in [2.75, 3.05) is 66.6 Å². The minimum Gasteiger partial charge on any atom is -0.497 e. The summed E-state index contributed by atoms with van der Waals surface area (Å²) in [6.07, 6.45) is 1.30. The molecular formula is C35H40ClN5O5. The van der Waals surface area contributed by atoms with Gasteiger partial charge in [-0.25, -0.2) is 4.79 Å². The lowest BCUT2D eigenvalue weighted by atomic mass is 9.92. The highest BCUT2D eigenvalue weighted by molar-refractivity contribution is 6.31. The smallest absolute Gasteiger partial charge is 0.416 e. The number of rotatable bonds is 10. The maximum absolute atomic E-state index is 13.6. The topological polar surface area (TPSA) is 99.4 Å². The van der Waals surface area contributed by atoms with Crippen molar-refractivity contribution in [2.24, 2.45) is 0 Å². The van der Waals surface area contributed by atoms with Crippen molar-refractivity contribution in [1.82, 2.24) is 25.0 Å². The number of methoxy groups -OCH3 is 1. The summed E-state index contributed by atoms with van der Waals surface area (Å²) < 4.78 is 17.0. The lowest BCUT2D eigenvalue weighted by Gasteiger charge is -2.35. The van der Waals surface area contributed by atoms with Gasteiger partial charge in [0.25, 0.3) is 5.91 Å². The van der Waals surface area contributed by atoms with Crippen LogP contribution in [0.1, 0.15) is 29.3 Å². The van der Waals surface area contributed by atoms with Gasteiger partial charge in [0.05, 0.1) is 7.11 Å². The van der Waals surface area contributed by atoms with Crippen LogP contribution in [0.4, 0.5) is 4.79 Å². The van der Waals surface area contributed by atoms with Gasteiger partial charge in [0.15, 0.2) is 6.61 Å². The first kappa shape index (κ1) is 31.7. The quantitative estimate of drug-likeness (QED) is 0.231. The molecule has 0 spiro atoms. The fourth-order valence-corrected chi connectivity index (χ4v) is 6.46. The first-order chi connectivity index (χ1) is 22.4. The number of piperazine rings is 1. The molecule has 46 heavy (non-hydrogen) atoms. The molecule has 1 saturated heterocycles. The van der Waals surface area contributed by atoms with Crippen LogP contribution < -0.4 is 19.5 Å². The lowest BCUT2D eigenvalue weighted by molar-refractivity contribution is -0.135. The Hall–Kier alpha value is -4.25. The van der Waals surface area contributed by atoms with Gasteiger partial charge >= 0.3 is 6.09 Å². The van der Waals surface area contributed by atoms with Crippen LogP contribution in [-0.2, 0) is 11.2 Å². The number of carbonyl (C=O) groups is 2. The number of H-pyrrole nitrogens is 1. The Balaban J connectivity index is 1.16. The average molecular weight is 646 g/mol. The maximum Gasteiger partial charge on any atom is 0.416 e. The predicted octanol–water partition coefficient (Wildman–Crippen LogP) is 5.11. The number of nitrogens with zero attached hydrogens (tertiary/aromatic N) is 3. The fourth-order valence-electron chi connectivity index (χ4n) is 6.29. The van der Waals surface area contributed by atoms with Crippen LogP contribution in [0.15, 0.2) is 66.7 Å². The van der Waals surface area contributed by atoms with E-state index >= 15 is 0 Å². The SMILES string of the molecule is CNCCCN1CCN(C(=O)COc2ccc(C3c4[nH]c5ccc(Cl)cc5c4CCN3C(=O)Oc3ccc(OC)cc3)cc2)CC1. The number of amides is 2. The van der Waals surface area contributed by atoms with E-state index in [2.05, 4.69) is 15.2 Å². The molecule has 10 nitrogen and oxygen atoms in total. The Morgan fingerprint density at radius 2 is 1.65 bits per heavy atom. The summed E-state index contributed by atoms with van der Waals surface area (Å²) in [5.74, 6) is 1.69. The number of aromatic amines is 1. The van der Waals surface area contributed by atoms with E-state index in [0.717, 1.165) is 60.3 Å². The van der Waals surface area contributed by atoms with Gasteiger partial charge < -0.3 is 29.4 Å². The molecular weight excluding hydrogens is 606 g/mol. The highest BCUT2D eigenvalue weighted by atomic mass is 35.5. The summed E-state index contributed by atoms with van der Waals surface area (Å²) in [5.41, 5.74) is 3.90. The molecule has 2 N–H and O–H groups in total. The van der Waals surface area contributed by atoms with E-state index in [-0.39, 0.29) is 12.5 Å². The van der Waals surface area contributed by atoms with Crippen LogP contribution in [-0.4, -0.2) is 98.3 Å². The first-order valence-corrected chi connectivity index (χ1v) is 16.1. The maximum atomic E-state index is 13.6. The van der Waals surface area contributed by atoms with E-state index in [0.29, 0.717) is 48.3 Å². The molecule has 0 aliphatic carbocycles. The Morgan fingerprint density at radius 3 is 2.37 bits per heavy atom. The molecule has 3 heterocycles. The van der Waals surface area contributed by atoms with E-state index in [1.165, 1.54) is 0 Å². The molecule has 11 heteroatoms. The van der Waals surface area contributed by atoms with E-state index < -0.39 is 12.1 Å². The van der Waals surface area contributed by atoms with E-state index in [9.17, 15) is 9.59 Å². The number of aromatic nitrogens is 1. The van der Waals surface area contributed by atoms with Gasteiger partial charge in [-0.2, -0.15) is 0 Å². The molecule has 0 saturated carbocycles. The number of ether oxygens (including phenoxy) is 3. The molecule has 6 rings (SSSR count). The molecule has 1 fully saturated rings. The van der Waals surface area contributed by atoms with Crippen molar-refractivity contribution in [3.63, 3.8) is 0 Å². The van der Waals surface area contributed by atoms with Crippen LogP contribution in [0.5, 0.6) is 17.2 Å². The number of carbonyl (C=O) groups excluding carboxylic acids is 2. The number of halogens is 1. The molecule has 1 unspecified atom stereocenters. The fraction of sp³-hybridized carbons (Fsp3) is 0.371. The monoisotopic (exact) mass is 645 g/mol. The van der Waals surface area contributed by atoms with E-state index in [1.54, 1.807) is 36.3 Å². The van der Waals surface area contributed by atoms with Crippen molar-refractivity contribution in [3.05, 3.63) is 88.6 Å². The summed E-state index contributed by atoms with van der Waals surface area (Å²) in [5, 5.41) is 4.89. The summed E-state index contributed by atoms with van der Waals surface area (Å²) in [7, 11) is 3.56. The van der Waals surface area contributed by atoms with Gasteiger partial charge in [-0.05, 0) is 98.7 Å². The second-order valence-corrected chi connectivity index (χ2v) is 12.1. The summed E-state index contributed by atoms with van der Waals surface area (Å²) in [6.45, 7) is 5.66. The van der Waals surface area contributed by atoms with Crippen LogP contribution in [0.25, 0.3) is 10.9 Å². The highest BCUT2D eigenvalue weighted by Crippen LogP contribution is 2.40. The number of benzene rings is 3. The van der Waals surface area contributed by atoms with Crippen LogP contribution >= 0.6 is 11.6 Å². The van der Waals surface area contributed by atoms with Gasteiger partial charge in [-0.15, -0.1) is 0 Å². The zero-order chi connectivity index (χ0) is 32.0. The van der Waals surface area contributed by atoms with Crippen molar-refractivity contribution in [3.8, 4) is 17.2 Å². The van der Waals surface area contributed by atoms with Crippen LogP contribution in [0.3, 0.4) is 0 Å². The number of nitrogens with one attached hydrogen (secondary N) is 2. The standard InChI is InChI=1S/C35H40ClN5O5/c1-37-15-3-16-39-18-20-40(21-19-39)32(42)23-45-27-7-4-24(5-8-27)34-33-29(30-22-25(36)6-13-31(30)38-33)14-17-41(34)35(43)46-28-11-9-26(44-2)10-12-28/h4-13,22,34,37-38H,3,14-21,23H2,1-2H3. The normalized spacial score (nSPS) is 16.7. The molecule has 2 amide bonds. The van der Waals surface area contributed by atoms with Crippen LogP contribution in [0.2, 0.25) is 5.02 Å². The van der Waals surface area contributed by atoms with E-state index in [4.69, 9.17) is 25.8 Å². The molecule has 1 atom stereocenters. The Kier molecular flexibility index (Phi) is 9.97. The second-order valence-electron chi connectivity index (χ2n) is 11.6. The zero-order valence-electron chi connectivity index (χ0n) is 26.3. The predicted molar refractivity (Wildman–Crippen MR) is 178 cm³/mol. The molecule has 4 aromatic rings. The Morgan fingerprint density at radius 1 is 0.935 bits per heavy atom. The molecule has 242 valence electrons. The second kappa shape index (κ2) is 14.5. The number of fused-ring (bicyclic) bond motifs is 3. The van der Waals surface area contributed by atoms with E-state index in [1.807, 2.05) is 54.4 Å².